The number of para-hydroxylation sites is 1. The van der Waals surface area contributed by atoms with Crippen LogP contribution in [0, 0.1) is 0 Å². The molecule has 0 spiro atoms. The highest BCUT2D eigenvalue weighted by Gasteiger charge is 2.14. The van der Waals surface area contributed by atoms with Crippen molar-refractivity contribution in [1.29, 1.82) is 0 Å². The fourth-order valence-corrected chi connectivity index (χ4v) is 4.09. The van der Waals surface area contributed by atoms with Gasteiger partial charge in [0.05, 0.1) is 38.5 Å². The molecule has 164 valence electrons. The number of aromatic nitrogens is 2. The van der Waals surface area contributed by atoms with Crippen LogP contribution in [0.5, 0.6) is 0 Å². The molecule has 1 heterocycles. The van der Waals surface area contributed by atoms with Gasteiger partial charge in [-0.2, -0.15) is 0 Å². The summed E-state index contributed by atoms with van der Waals surface area (Å²) in [5.41, 5.74) is 0.911. The first kappa shape index (κ1) is 23.6. The zero-order valence-corrected chi connectivity index (χ0v) is 19.6. The van der Waals surface area contributed by atoms with Crippen LogP contribution >= 0.6 is 35.0 Å². The zero-order chi connectivity index (χ0) is 22.4. The minimum absolute atomic E-state index is 0.0656. The summed E-state index contributed by atoms with van der Waals surface area (Å²) in [5, 5.41) is 4.43. The lowest BCUT2D eigenvalue weighted by Gasteiger charge is -2.14. The molecule has 6 nitrogen and oxygen atoms in total. The number of carbonyl (C=O) groups is 1. The van der Waals surface area contributed by atoms with E-state index >= 15 is 0 Å². The molecule has 3 aromatic rings. The van der Waals surface area contributed by atoms with E-state index in [4.69, 9.17) is 27.9 Å². The molecule has 0 aliphatic rings. The number of nitrogens with zero attached hydrogens (tertiary/aromatic N) is 2. The summed E-state index contributed by atoms with van der Waals surface area (Å²) in [7, 11) is 0. The van der Waals surface area contributed by atoms with E-state index in [-0.39, 0.29) is 28.3 Å². The number of fused-ring (bicyclic) bond motifs is 1. The van der Waals surface area contributed by atoms with Gasteiger partial charge in [-0.15, -0.1) is 0 Å². The molecule has 1 N–H and O–H groups in total. The first-order valence-electron chi connectivity index (χ1n) is 9.84. The number of nitrogens with one attached hydrogen (secondary N) is 1. The van der Waals surface area contributed by atoms with Gasteiger partial charge in [0.1, 0.15) is 0 Å². The first-order valence-corrected chi connectivity index (χ1v) is 11.6. The van der Waals surface area contributed by atoms with Crippen molar-refractivity contribution >= 4 is 57.5 Å². The number of hydrogen-bond donors (Lipinski definition) is 1. The predicted molar refractivity (Wildman–Crippen MR) is 128 cm³/mol. The number of amides is 1. The Kier molecular flexibility index (Phi) is 8.37. The molecule has 31 heavy (non-hydrogen) atoms. The number of carbonyl (C=O) groups excluding carboxylic acids is 1. The lowest BCUT2D eigenvalue weighted by Crippen LogP contribution is -2.25. The zero-order valence-electron chi connectivity index (χ0n) is 17.2. The quantitative estimate of drug-likeness (QED) is 0.257. The van der Waals surface area contributed by atoms with E-state index in [0.29, 0.717) is 46.3 Å². The second-order valence-corrected chi connectivity index (χ2v) is 8.81. The molecule has 9 heteroatoms. The van der Waals surface area contributed by atoms with Crippen molar-refractivity contribution in [3.8, 4) is 0 Å². The van der Waals surface area contributed by atoms with Crippen molar-refractivity contribution in [2.24, 2.45) is 0 Å². The van der Waals surface area contributed by atoms with E-state index in [1.807, 2.05) is 26.0 Å². The van der Waals surface area contributed by atoms with E-state index in [0.717, 1.165) is 0 Å². The number of halogens is 2. The van der Waals surface area contributed by atoms with Crippen LogP contribution in [0.4, 0.5) is 5.69 Å². The monoisotopic (exact) mass is 479 g/mol. The van der Waals surface area contributed by atoms with Crippen molar-refractivity contribution in [3.05, 3.63) is 62.9 Å². The summed E-state index contributed by atoms with van der Waals surface area (Å²) < 4.78 is 7.19. The van der Waals surface area contributed by atoms with Crippen molar-refractivity contribution in [2.45, 2.75) is 38.1 Å². The van der Waals surface area contributed by atoms with Crippen LogP contribution in [0.15, 0.2) is 52.4 Å². The molecule has 0 saturated carbocycles. The van der Waals surface area contributed by atoms with Gasteiger partial charge in [0, 0.05) is 13.2 Å². The van der Waals surface area contributed by atoms with Crippen LogP contribution in [0.3, 0.4) is 0 Å². The van der Waals surface area contributed by atoms with Gasteiger partial charge in [-0.1, -0.05) is 53.2 Å². The Labute approximate surface area is 194 Å². The van der Waals surface area contributed by atoms with E-state index in [9.17, 15) is 9.59 Å². The number of rotatable bonds is 9. The lowest BCUT2D eigenvalue weighted by molar-refractivity contribution is -0.113. The van der Waals surface area contributed by atoms with Crippen molar-refractivity contribution in [3.63, 3.8) is 0 Å². The second kappa shape index (κ2) is 11.0. The van der Waals surface area contributed by atoms with Gasteiger partial charge >= 0.3 is 0 Å². The number of hydrogen-bond acceptors (Lipinski definition) is 5. The highest BCUT2D eigenvalue weighted by atomic mass is 35.5. The molecular formula is C22H23Cl2N3O3S. The number of thioether (sulfide) groups is 1. The van der Waals surface area contributed by atoms with Crippen LogP contribution in [-0.2, 0) is 16.1 Å². The van der Waals surface area contributed by atoms with E-state index in [2.05, 4.69) is 10.3 Å². The fraction of sp³-hybridized carbons (Fsp3) is 0.318. The Hall–Kier alpha value is -2.06. The van der Waals surface area contributed by atoms with Crippen molar-refractivity contribution in [2.75, 3.05) is 17.7 Å². The molecule has 0 atom stereocenters. The van der Waals surface area contributed by atoms with E-state index < -0.39 is 0 Å². The number of ether oxygens (including phenoxy) is 1. The minimum Gasteiger partial charge on any atom is -0.379 e. The lowest BCUT2D eigenvalue weighted by atomic mass is 10.2. The van der Waals surface area contributed by atoms with Crippen LogP contribution < -0.4 is 10.9 Å². The fourth-order valence-electron chi connectivity index (χ4n) is 2.91. The molecule has 1 amide bonds. The highest BCUT2D eigenvalue weighted by Crippen LogP contribution is 2.29. The van der Waals surface area contributed by atoms with Crippen LogP contribution in [0.2, 0.25) is 10.0 Å². The SMILES string of the molecule is CC(C)OCCCn1c(SCC(=O)Nc2cccc(Cl)c2Cl)nc2ccccc2c1=O. The van der Waals surface area contributed by atoms with E-state index in [1.165, 1.54) is 11.8 Å². The highest BCUT2D eigenvalue weighted by molar-refractivity contribution is 7.99. The topological polar surface area (TPSA) is 73.2 Å². The smallest absolute Gasteiger partial charge is 0.262 e. The predicted octanol–water partition coefficient (Wildman–Crippen LogP) is 5.25. The maximum Gasteiger partial charge on any atom is 0.262 e. The summed E-state index contributed by atoms with van der Waals surface area (Å²) >= 11 is 13.3. The molecule has 0 fully saturated rings. The third-order valence-electron chi connectivity index (χ3n) is 4.36. The Balaban J connectivity index is 1.77. The van der Waals surface area contributed by atoms with Crippen molar-refractivity contribution < 1.29 is 9.53 Å². The molecule has 0 bridgehead atoms. The molecule has 1 aromatic heterocycles. The molecule has 0 saturated heterocycles. The molecule has 0 aliphatic carbocycles. The Morgan fingerprint density at radius 3 is 2.74 bits per heavy atom. The summed E-state index contributed by atoms with van der Waals surface area (Å²) in [6.07, 6.45) is 0.790. The van der Waals surface area contributed by atoms with Gasteiger partial charge in [-0.05, 0) is 44.5 Å². The van der Waals surface area contributed by atoms with Crippen LogP contribution in [0.1, 0.15) is 20.3 Å². The number of benzene rings is 2. The second-order valence-electron chi connectivity index (χ2n) is 7.08. The summed E-state index contributed by atoms with van der Waals surface area (Å²) in [6.45, 7) is 4.92. The molecule has 0 unspecified atom stereocenters. The summed E-state index contributed by atoms with van der Waals surface area (Å²) in [4.78, 5) is 30.1. The summed E-state index contributed by atoms with van der Waals surface area (Å²) in [6, 6.07) is 12.2. The number of anilines is 1. The Morgan fingerprint density at radius 1 is 1.19 bits per heavy atom. The minimum atomic E-state index is -0.272. The van der Waals surface area contributed by atoms with Gasteiger partial charge in [0.15, 0.2) is 5.16 Å². The molecule has 0 aliphatic heterocycles. The van der Waals surface area contributed by atoms with Gasteiger partial charge < -0.3 is 10.1 Å². The molecule has 2 aromatic carbocycles. The van der Waals surface area contributed by atoms with Crippen LogP contribution in [-0.4, -0.2) is 33.9 Å². The largest absolute Gasteiger partial charge is 0.379 e. The standard InChI is InChI=1S/C22H23Cl2N3O3S/c1-14(2)30-12-6-11-27-21(29)15-7-3-4-9-17(15)26-22(27)31-13-19(28)25-18-10-5-8-16(23)20(18)24/h3-5,7-10,14H,6,11-13H2,1-2H3,(H,25,28). The maximum atomic E-state index is 13.0. The van der Waals surface area contributed by atoms with Gasteiger partial charge in [-0.25, -0.2) is 4.98 Å². The summed E-state index contributed by atoms with van der Waals surface area (Å²) in [5.74, 6) is -0.206. The van der Waals surface area contributed by atoms with Gasteiger partial charge in [-0.3, -0.25) is 14.2 Å². The normalized spacial score (nSPS) is 11.3. The Morgan fingerprint density at radius 2 is 1.97 bits per heavy atom. The third-order valence-corrected chi connectivity index (χ3v) is 6.16. The van der Waals surface area contributed by atoms with Crippen LogP contribution in [0.25, 0.3) is 10.9 Å². The van der Waals surface area contributed by atoms with Gasteiger partial charge in [0.25, 0.3) is 5.56 Å². The average molecular weight is 480 g/mol. The average Bonchev–Trinajstić information content (AvgIpc) is 2.74. The maximum absolute atomic E-state index is 13.0. The van der Waals surface area contributed by atoms with Gasteiger partial charge in [0.2, 0.25) is 5.91 Å². The molecule has 0 radical (unpaired) electrons. The van der Waals surface area contributed by atoms with Crippen molar-refractivity contribution in [1.82, 2.24) is 9.55 Å². The third kappa shape index (κ3) is 6.23. The van der Waals surface area contributed by atoms with E-state index in [1.54, 1.807) is 34.9 Å². The Bertz CT molecular complexity index is 1130. The molecule has 3 rings (SSSR count). The molecular weight excluding hydrogens is 457 g/mol. The first-order chi connectivity index (χ1) is 14.9.